The number of para-hydroxylation sites is 1. The summed E-state index contributed by atoms with van der Waals surface area (Å²) in [4.78, 5) is 4.57. The van der Waals surface area contributed by atoms with E-state index in [1.165, 1.54) is 0 Å². The molecule has 0 saturated carbocycles. The largest absolute Gasteiger partial charge is 0.487 e. The van der Waals surface area contributed by atoms with E-state index in [1.54, 1.807) is 11.3 Å². The van der Waals surface area contributed by atoms with Crippen LogP contribution in [0.1, 0.15) is 35.2 Å². The van der Waals surface area contributed by atoms with Gasteiger partial charge in [0.1, 0.15) is 23.5 Å². The van der Waals surface area contributed by atoms with Gasteiger partial charge in [-0.3, -0.25) is 0 Å². The molecule has 0 radical (unpaired) electrons. The maximum Gasteiger partial charge on any atom is 0.131 e. The summed E-state index contributed by atoms with van der Waals surface area (Å²) >= 11 is 1.63. The fraction of sp³-hybridized carbons (Fsp3) is 0.400. The first-order valence-electron chi connectivity index (χ1n) is 6.74. The third kappa shape index (κ3) is 3.00. The van der Waals surface area contributed by atoms with Crippen molar-refractivity contribution in [1.82, 2.24) is 4.98 Å². The molecule has 1 aliphatic heterocycles. The number of hydrogen-bond donors (Lipinski definition) is 1. The van der Waals surface area contributed by atoms with Crippen LogP contribution in [0, 0.1) is 0 Å². The lowest BCUT2D eigenvalue weighted by Crippen LogP contribution is -2.00. The maximum absolute atomic E-state index is 9.25. The molecule has 2 heterocycles. The number of benzene rings is 1. The predicted octanol–water partition coefficient (Wildman–Crippen LogP) is 3.07. The molecular weight excluding hydrogens is 274 g/mol. The number of nitrogens with zero attached hydrogens (tertiary/aromatic N) is 1. The Kier molecular flexibility index (Phi) is 4.30. The standard InChI is InChI=1S/C15H17NO3S/c17-8-11-4-1-2-5-13(11)19-9-12-10-20-15(16-12)14-6-3-7-18-14/h1-2,4-5,10,14,17H,3,6-9H2. The molecule has 0 aliphatic carbocycles. The zero-order chi connectivity index (χ0) is 13.8. The molecule has 0 spiro atoms. The first-order chi connectivity index (χ1) is 9.86. The number of aliphatic hydroxyl groups is 1. The fourth-order valence-corrected chi connectivity index (χ4v) is 3.12. The van der Waals surface area contributed by atoms with Gasteiger partial charge in [0.2, 0.25) is 0 Å². The van der Waals surface area contributed by atoms with Gasteiger partial charge >= 0.3 is 0 Å². The quantitative estimate of drug-likeness (QED) is 0.920. The third-order valence-corrected chi connectivity index (χ3v) is 4.28. The summed E-state index contributed by atoms with van der Waals surface area (Å²) in [5, 5.41) is 12.3. The van der Waals surface area contributed by atoms with Crippen LogP contribution in [-0.4, -0.2) is 16.7 Å². The van der Waals surface area contributed by atoms with Gasteiger partial charge in [0, 0.05) is 17.6 Å². The van der Waals surface area contributed by atoms with E-state index in [1.807, 2.05) is 29.6 Å². The van der Waals surface area contributed by atoms with Crippen LogP contribution in [0.3, 0.4) is 0 Å². The van der Waals surface area contributed by atoms with Crippen LogP contribution >= 0.6 is 11.3 Å². The van der Waals surface area contributed by atoms with E-state index >= 15 is 0 Å². The van der Waals surface area contributed by atoms with Gasteiger partial charge in [-0.2, -0.15) is 0 Å². The summed E-state index contributed by atoms with van der Waals surface area (Å²) in [6, 6.07) is 7.50. The molecule has 1 fully saturated rings. The second-order valence-electron chi connectivity index (χ2n) is 4.73. The van der Waals surface area contributed by atoms with Crippen molar-refractivity contribution in [1.29, 1.82) is 0 Å². The molecule has 1 aliphatic rings. The Balaban J connectivity index is 1.63. The minimum Gasteiger partial charge on any atom is -0.487 e. The van der Waals surface area contributed by atoms with Gasteiger partial charge in [-0.05, 0) is 18.9 Å². The number of aromatic nitrogens is 1. The van der Waals surface area contributed by atoms with Crippen molar-refractivity contribution in [3.63, 3.8) is 0 Å². The lowest BCUT2D eigenvalue weighted by molar-refractivity contribution is 0.111. The zero-order valence-corrected chi connectivity index (χ0v) is 11.9. The van der Waals surface area contributed by atoms with Crippen molar-refractivity contribution in [2.45, 2.75) is 32.2 Å². The van der Waals surface area contributed by atoms with E-state index in [4.69, 9.17) is 9.47 Å². The monoisotopic (exact) mass is 291 g/mol. The zero-order valence-electron chi connectivity index (χ0n) is 11.1. The lowest BCUT2D eigenvalue weighted by Gasteiger charge is -2.08. The first kappa shape index (κ1) is 13.5. The number of aliphatic hydroxyl groups excluding tert-OH is 1. The van der Waals surface area contributed by atoms with Crippen LogP contribution in [0.15, 0.2) is 29.6 Å². The Morgan fingerprint density at radius 2 is 2.30 bits per heavy atom. The van der Waals surface area contributed by atoms with Crippen LogP contribution in [0.25, 0.3) is 0 Å². The summed E-state index contributed by atoms with van der Waals surface area (Å²) in [5.41, 5.74) is 1.70. The van der Waals surface area contributed by atoms with Crippen LogP contribution in [-0.2, 0) is 18.0 Å². The molecule has 106 valence electrons. The second-order valence-corrected chi connectivity index (χ2v) is 5.62. The molecule has 1 saturated heterocycles. The highest BCUT2D eigenvalue weighted by Crippen LogP contribution is 2.30. The molecule has 0 amide bonds. The smallest absolute Gasteiger partial charge is 0.131 e. The molecule has 20 heavy (non-hydrogen) atoms. The summed E-state index contributed by atoms with van der Waals surface area (Å²) < 4.78 is 11.4. The highest BCUT2D eigenvalue weighted by molar-refractivity contribution is 7.09. The number of rotatable bonds is 5. The van der Waals surface area contributed by atoms with E-state index in [2.05, 4.69) is 4.98 Å². The molecule has 1 aromatic heterocycles. The Labute approximate surface area is 122 Å². The van der Waals surface area contributed by atoms with Crippen molar-refractivity contribution in [2.75, 3.05) is 6.61 Å². The highest BCUT2D eigenvalue weighted by Gasteiger charge is 2.20. The van der Waals surface area contributed by atoms with Crippen LogP contribution in [0.4, 0.5) is 0 Å². The first-order valence-corrected chi connectivity index (χ1v) is 7.62. The Bertz CT molecular complexity index is 564. The van der Waals surface area contributed by atoms with Gasteiger partial charge < -0.3 is 14.6 Å². The maximum atomic E-state index is 9.25. The van der Waals surface area contributed by atoms with Gasteiger partial charge in [0.25, 0.3) is 0 Å². The number of ether oxygens (including phenoxy) is 2. The molecule has 5 heteroatoms. The van der Waals surface area contributed by atoms with Crippen molar-refractivity contribution >= 4 is 11.3 Å². The second kappa shape index (κ2) is 6.35. The van der Waals surface area contributed by atoms with Gasteiger partial charge in [0.05, 0.1) is 12.3 Å². The van der Waals surface area contributed by atoms with Crippen molar-refractivity contribution in [3.8, 4) is 5.75 Å². The third-order valence-electron chi connectivity index (χ3n) is 3.29. The number of thiazole rings is 1. The molecule has 2 aromatic rings. The lowest BCUT2D eigenvalue weighted by atomic mass is 10.2. The molecule has 1 N–H and O–H groups in total. The minimum absolute atomic E-state index is 0.0194. The number of hydrogen-bond acceptors (Lipinski definition) is 5. The summed E-state index contributed by atoms with van der Waals surface area (Å²) in [7, 11) is 0. The molecular formula is C15H17NO3S. The predicted molar refractivity (Wildman–Crippen MR) is 76.7 cm³/mol. The van der Waals surface area contributed by atoms with Gasteiger partial charge in [-0.15, -0.1) is 11.3 Å². The molecule has 0 bridgehead atoms. The highest BCUT2D eigenvalue weighted by atomic mass is 32.1. The average molecular weight is 291 g/mol. The van der Waals surface area contributed by atoms with Gasteiger partial charge in [-0.1, -0.05) is 18.2 Å². The Morgan fingerprint density at radius 3 is 3.10 bits per heavy atom. The minimum atomic E-state index is -0.0194. The normalized spacial score (nSPS) is 18.4. The molecule has 3 rings (SSSR count). The van der Waals surface area contributed by atoms with E-state index in [9.17, 15) is 5.11 Å². The van der Waals surface area contributed by atoms with Crippen LogP contribution in [0.5, 0.6) is 5.75 Å². The van der Waals surface area contributed by atoms with Gasteiger partial charge in [0.15, 0.2) is 0 Å². The summed E-state index contributed by atoms with van der Waals surface area (Å²) in [5.74, 6) is 0.710. The molecule has 4 nitrogen and oxygen atoms in total. The summed E-state index contributed by atoms with van der Waals surface area (Å²) in [6.07, 6.45) is 2.33. The molecule has 1 aromatic carbocycles. The van der Waals surface area contributed by atoms with Crippen LogP contribution < -0.4 is 4.74 Å². The van der Waals surface area contributed by atoms with Crippen molar-refractivity contribution in [3.05, 3.63) is 45.9 Å². The Hall–Kier alpha value is -1.43. The van der Waals surface area contributed by atoms with E-state index < -0.39 is 0 Å². The van der Waals surface area contributed by atoms with Crippen molar-refractivity contribution in [2.24, 2.45) is 0 Å². The Morgan fingerprint density at radius 1 is 1.40 bits per heavy atom. The molecule has 1 atom stereocenters. The average Bonchev–Trinajstić information content (AvgIpc) is 3.16. The van der Waals surface area contributed by atoms with E-state index in [-0.39, 0.29) is 12.7 Å². The fourth-order valence-electron chi connectivity index (χ4n) is 2.24. The SMILES string of the molecule is OCc1ccccc1OCc1csc(C2CCCO2)n1. The van der Waals surface area contributed by atoms with Crippen molar-refractivity contribution < 1.29 is 14.6 Å². The molecule has 1 unspecified atom stereocenters. The van der Waals surface area contributed by atoms with Crippen LogP contribution in [0.2, 0.25) is 0 Å². The van der Waals surface area contributed by atoms with E-state index in [0.29, 0.717) is 12.4 Å². The summed E-state index contributed by atoms with van der Waals surface area (Å²) in [6.45, 7) is 1.23. The topological polar surface area (TPSA) is 51.6 Å². The van der Waals surface area contributed by atoms with E-state index in [0.717, 1.165) is 35.7 Å². The van der Waals surface area contributed by atoms with Gasteiger partial charge in [-0.25, -0.2) is 4.98 Å².